The van der Waals surface area contributed by atoms with Gasteiger partial charge < -0.3 is 0 Å². The number of halogens is 1. The highest BCUT2D eigenvalue weighted by molar-refractivity contribution is 5.94. The van der Waals surface area contributed by atoms with Crippen molar-refractivity contribution in [1.29, 1.82) is 0 Å². The molecular formula is C21H14FN5O. The summed E-state index contributed by atoms with van der Waals surface area (Å²) in [6.07, 6.45) is 6.23. The lowest BCUT2D eigenvalue weighted by Crippen LogP contribution is -2.21. The van der Waals surface area contributed by atoms with Gasteiger partial charge in [0.2, 0.25) is 0 Å². The number of rotatable bonds is 3. The van der Waals surface area contributed by atoms with Crippen molar-refractivity contribution in [3.63, 3.8) is 0 Å². The van der Waals surface area contributed by atoms with Gasteiger partial charge >= 0.3 is 0 Å². The SMILES string of the molecule is O=c1c2ccncc2ncn1Cc1ccc(-c2cccc3[nH]ncc23)cc1F. The average molecular weight is 371 g/mol. The molecule has 0 fully saturated rings. The maximum Gasteiger partial charge on any atom is 0.261 e. The minimum absolute atomic E-state index is 0.103. The summed E-state index contributed by atoms with van der Waals surface area (Å²) in [5.74, 6) is -0.375. The minimum atomic E-state index is -0.375. The Balaban J connectivity index is 1.53. The largest absolute Gasteiger partial charge is 0.294 e. The van der Waals surface area contributed by atoms with Gasteiger partial charge in [-0.15, -0.1) is 0 Å². The molecule has 0 radical (unpaired) electrons. The standard InChI is InChI=1S/C21H14FN5O/c22-18-8-13(15-2-1-3-19-17(15)9-25-26-19)4-5-14(18)11-27-12-24-20-10-23-7-6-16(20)21(27)28/h1-10,12H,11H2,(H,25,26). The predicted molar refractivity (Wildman–Crippen MR) is 104 cm³/mol. The molecule has 0 bridgehead atoms. The van der Waals surface area contributed by atoms with E-state index in [1.54, 1.807) is 24.5 Å². The van der Waals surface area contributed by atoms with Gasteiger partial charge in [0, 0.05) is 17.1 Å². The number of aromatic amines is 1. The molecule has 0 aliphatic heterocycles. The predicted octanol–water partition coefficient (Wildman–Crippen LogP) is 3.52. The average Bonchev–Trinajstić information content (AvgIpc) is 3.20. The first-order chi connectivity index (χ1) is 13.7. The van der Waals surface area contributed by atoms with Crippen LogP contribution in [-0.4, -0.2) is 24.7 Å². The molecule has 0 unspecified atom stereocenters. The van der Waals surface area contributed by atoms with Gasteiger partial charge in [-0.25, -0.2) is 9.37 Å². The van der Waals surface area contributed by atoms with Crippen LogP contribution in [0.15, 0.2) is 72.2 Å². The molecule has 0 saturated carbocycles. The second-order valence-corrected chi connectivity index (χ2v) is 6.51. The van der Waals surface area contributed by atoms with Crippen LogP contribution in [0.25, 0.3) is 32.9 Å². The Labute approximate surface area is 158 Å². The Morgan fingerprint density at radius 3 is 2.89 bits per heavy atom. The van der Waals surface area contributed by atoms with Crippen molar-refractivity contribution in [2.75, 3.05) is 0 Å². The summed E-state index contributed by atoms with van der Waals surface area (Å²) in [5.41, 5.74) is 3.26. The lowest BCUT2D eigenvalue weighted by Gasteiger charge is -2.10. The number of fused-ring (bicyclic) bond motifs is 2. The van der Waals surface area contributed by atoms with Gasteiger partial charge in [0.15, 0.2) is 0 Å². The maximum atomic E-state index is 14.8. The zero-order valence-electron chi connectivity index (χ0n) is 14.6. The summed E-state index contributed by atoms with van der Waals surface area (Å²) in [7, 11) is 0. The van der Waals surface area contributed by atoms with E-state index in [0.717, 1.165) is 22.0 Å². The number of aromatic nitrogens is 5. The third-order valence-electron chi connectivity index (χ3n) is 4.82. The Bertz CT molecular complexity index is 1390. The molecule has 0 aliphatic rings. The number of benzene rings is 2. The van der Waals surface area contributed by atoms with Gasteiger partial charge in [-0.2, -0.15) is 5.10 Å². The van der Waals surface area contributed by atoms with E-state index in [1.807, 2.05) is 24.3 Å². The summed E-state index contributed by atoms with van der Waals surface area (Å²) in [6, 6.07) is 12.4. The van der Waals surface area contributed by atoms with E-state index in [0.29, 0.717) is 16.5 Å². The molecule has 3 aromatic heterocycles. The van der Waals surface area contributed by atoms with E-state index in [2.05, 4.69) is 20.2 Å². The molecule has 6 nitrogen and oxygen atoms in total. The first-order valence-electron chi connectivity index (χ1n) is 8.71. The van der Waals surface area contributed by atoms with Gasteiger partial charge in [-0.3, -0.25) is 19.4 Å². The number of nitrogens with one attached hydrogen (secondary N) is 1. The maximum absolute atomic E-state index is 14.8. The molecular weight excluding hydrogens is 357 g/mol. The van der Waals surface area contributed by atoms with Crippen molar-refractivity contribution in [3.8, 4) is 11.1 Å². The van der Waals surface area contributed by atoms with Crippen LogP contribution in [-0.2, 0) is 6.54 Å². The van der Waals surface area contributed by atoms with E-state index < -0.39 is 0 Å². The number of hydrogen-bond donors (Lipinski definition) is 1. The lowest BCUT2D eigenvalue weighted by molar-refractivity contribution is 0.596. The number of H-pyrrole nitrogens is 1. The quantitative estimate of drug-likeness (QED) is 0.526. The summed E-state index contributed by atoms with van der Waals surface area (Å²) < 4.78 is 16.2. The Morgan fingerprint density at radius 2 is 2.00 bits per heavy atom. The zero-order chi connectivity index (χ0) is 19.1. The molecule has 0 aliphatic carbocycles. The zero-order valence-corrected chi connectivity index (χ0v) is 14.6. The first kappa shape index (κ1) is 16.3. The van der Waals surface area contributed by atoms with E-state index in [1.165, 1.54) is 23.2 Å². The Kier molecular flexibility index (Phi) is 3.72. The Morgan fingerprint density at radius 1 is 1.07 bits per heavy atom. The lowest BCUT2D eigenvalue weighted by atomic mass is 10.0. The summed E-state index contributed by atoms with van der Waals surface area (Å²) in [5, 5.41) is 8.35. The molecule has 0 saturated heterocycles. The fraction of sp³-hybridized carbons (Fsp3) is 0.0476. The van der Waals surface area contributed by atoms with E-state index in [-0.39, 0.29) is 17.9 Å². The van der Waals surface area contributed by atoms with Gasteiger partial charge in [-0.05, 0) is 29.3 Å². The molecule has 5 rings (SSSR count). The molecule has 0 atom stereocenters. The minimum Gasteiger partial charge on any atom is -0.294 e. The van der Waals surface area contributed by atoms with Crippen LogP contribution in [0.2, 0.25) is 0 Å². The van der Waals surface area contributed by atoms with Gasteiger partial charge in [-0.1, -0.05) is 24.3 Å². The molecule has 7 heteroatoms. The van der Waals surface area contributed by atoms with Crippen molar-refractivity contribution in [3.05, 3.63) is 89.1 Å². The van der Waals surface area contributed by atoms with Crippen molar-refractivity contribution < 1.29 is 4.39 Å². The molecule has 28 heavy (non-hydrogen) atoms. The summed E-state index contributed by atoms with van der Waals surface area (Å²) >= 11 is 0. The van der Waals surface area contributed by atoms with Crippen LogP contribution in [0, 0.1) is 5.82 Å². The molecule has 0 amide bonds. The number of pyridine rings is 1. The number of nitrogens with zero attached hydrogens (tertiary/aromatic N) is 4. The molecule has 5 aromatic rings. The summed E-state index contributed by atoms with van der Waals surface area (Å²) in [6.45, 7) is 0.103. The van der Waals surface area contributed by atoms with Gasteiger partial charge in [0.1, 0.15) is 5.82 Å². The van der Waals surface area contributed by atoms with E-state index >= 15 is 0 Å². The van der Waals surface area contributed by atoms with Crippen molar-refractivity contribution >= 4 is 21.8 Å². The van der Waals surface area contributed by atoms with Crippen molar-refractivity contribution in [2.24, 2.45) is 0 Å². The normalized spacial score (nSPS) is 11.3. The number of hydrogen-bond acceptors (Lipinski definition) is 4. The smallest absolute Gasteiger partial charge is 0.261 e. The van der Waals surface area contributed by atoms with Crippen LogP contribution in [0.1, 0.15) is 5.56 Å². The molecule has 136 valence electrons. The monoisotopic (exact) mass is 371 g/mol. The molecule has 0 spiro atoms. The molecule has 2 aromatic carbocycles. The van der Waals surface area contributed by atoms with Crippen LogP contribution in [0.4, 0.5) is 4.39 Å². The second-order valence-electron chi connectivity index (χ2n) is 6.51. The third kappa shape index (κ3) is 2.64. The third-order valence-corrected chi connectivity index (χ3v) is 4.82. The highest BCUT2D eigenvalue weighted by Gasteiger charge is 2.11. The van der Waals surface area contributed by atoms with E-state index in [9.17, 15) is 9.18 Å². The molecule has 3 heterocycles. The highest BCUT2D eigenvalue weighted by Crippen LogP contribution is 2.28. The van der Waals surface area contributed by atoms with Crippen LogP contribution in [0.5, 0.6) is 0 Å². The second kappa shape index (κ2) is 6.38. The van der Waals surface area contributed by atoms with Gasteiger partial charge in [0.05, 0.1) is 41.7 Å². The fourth-order valence-electron chi connectivity index (χ4n) is 3.37. The molecule has 1 N–H and O–H groups in total. The van der Waals surface area contributed by atoms with Crippen LogP contribution in [0.3, 0.4) is 0 Å². The van der Waals surface area contributed by atoms with Crippen molar-refractivity contribution in [1.82, 2.24) is 24.7 Å². The fourth-order valence-corrected chi connectivity index (χ4v) is 3.37. The Hall–Kier alpha value is -3.87. The highest BCUT2D eigenvalue weighted by atomic mass is 19.1. The summed E-state index contributed by atoms with van der Waals surface area (Å²) in [4.78, 5) is 20.8. The van der Waals surface area contributed by atoms with Crippen molar-refractivity contribution in [2.45, 2.75) is 6.54 Å². The topological polar surface area (TPSA) is 76.5 Å². The van der Waals surface area contributed by atoms with Gasteiger partial charge in [0.25, 0.3) is 5.56 Å². The van der Waals surface area contributed by atoms with Crippen LogP contribution < -0.4 is 5.56 Å². The first-order valence-corrected chi connectivity index (χ1v) is 8.71. The van der Waals surface area contributed by atoms with E-state index in [4.69, 9.17) is 0 Å². The van der Waals surface area contributed by atoms with Crippen LogP contribution >= 0.6 is 0 Å².